The van der Waals surface area contributed by atoms with Gasteiger partial charge in [0, 0.05) is 6.42 Å². The summed E-state index contributed by atoms with van der Waals surface area (Å²) in [7, 11) is 0. The Morgan fingerprint density at radius 2 is 1.71 bits per heavy atom. The molecular weight excluding hydrogens is 258 g/mol. The quantitative estimate of drug-likeness (QED) is 0.780. The number of aryl methyl sites for hydroxylation is 1. The monoisotopic (exact) mass is 279 g/mol. The van der Waals surface area contributed by atoms with Crippen LogP contribution in [-0.4, -0.2) is 6.61 Å². The summed E-state index contributed by atoms with van der Waals surface area (Å²) in [6.07, 6.45) is 1.62. The fraction of sp³-hybridized carbons (Fsp3) is 0.316. The first-order valence-corrected chi connectivity index (χ1v) is 7.37. The van der Waals surface area contributed by atoms with E-state index in [-0.39, 0.29) is 0 Å². The molecule has 2 aromatic rings. The van der Waals surface area contributed by atoms with Gasteiger partial charge in [0.1, 0.15) is 5.75 Å². The van der Waals surface area contributed by atoms with Crippen LogP contribution in [0.1, 0.15) is 31.4 Å². The van der Waals surface area contributed by atoms with E-state index >= 15 is 0 Å². The van der Waals surface area contributed by atoms with Crippen molar-refractivity contribution in [1.29, 1.82) is 5.26 Å². The first-order valence-electron chi connectivity index (χ1n) is 7.37. The van der Waals surface area contributed by atoms with E-state index in [1.165, 1.54) is 5.56 Å². The summed E-state index contributed by atoms with van der Waals surface area (Å²) in [5, 5.41) is 9.53. The van der Waals surface area contributed by atoms with Crippen LogP contribution >= 0.6 is 0 Å². The van der Waals surface area contributed by atoms with E-state index in [0.717, 1.165) is 17.7 Å². The summed E-state index contributed by atoms with van der Waals surface area (Å²) in [4.78, 5) is 0. The Labute approximate surface area is 127 Å². The third-order valence-corrected chi connectivity index (χ3v) is 3.87. The minimum Gasteiger partial charge on any atom is -0.493 e. The predicted octanol–water partition coefficient (Wildman–Crippen LogP) is 4.50. The summed E-state index contributed by atoms with van der Waals surface area (Å²) in [5.74, 6) is 0.924. The van der Waals surface area contributed by atoms with E-state index in [2.05, 4.69) is 19.1 Å². The number of hydrogen-bond donors (Lipinski definition) is 0. The normalized spacial score (nSPS) is 13.2. The highest BCUT2D eigenvalue weighted by molar-refractivity contribution is 5.34. The molecule has 0 aliphatic carbocycles. The SMILES string of the molecule is CCc1ccccc1OCCC(C)(C#N)c1ccccc1. The number of nitriles is 1. The number of rotatable bonds is 6. The highest BCUT2D eigenvalue weighted by Gasteiger charge is 2.26. The third kappa shape index (κ3) is 3.64. The average Bonchev–Trinajstić information content (AvgIpc) is 2.56. The van der Waals surface area contributed by atoms with Gasteiger partial charge in [0.25, 0.3) is 0 Å². The largest absolute Gasteiger partial charge is 0.493 e. The molecule has 2 aromatic carbocycles. The fourth-order valence-electron chi connectivity index (χ4n) is 2.37. The van der Waals surface area contributed by atoms with Crippen LogP contribution in [0.5, 0.6) is 5.75 Å². The van der Waals surface area contributed by atoms with Crippen molar-refractivity contribution in [2.24, 2.45) is 0 Å². The van der Waals surface area contributed by atoms with Gasteiger partial charge < -0.3 is 4.74 Å². The Bertz CT molecular complexity index is 615. The second-order valence-corrected chi connectivity index (χ2v) is 5.37. The molecule has 0 fully saturated rings. The second-order valence-electron chi connectivity index (χ2n) is 5.37. The molecule has 0 radical (unpaired) electrons. The lowest BCUT2D eigenvalue weighted by Crippen LogP contribution is -2.22. The van der Waals surface area contributed by atoms with Crippen LogP contribution in [0.4, 0.5) is 0 Å². The van der Waals surface area contributed by atoms with E-state index in [1.54, 1.807) is 0 Å². The van der Waals surface area contributed by atoms with E-state index in [1.807, 2.05) is 55.5 Å². The van der Waals surface area contributed by atoms with Crippen molar-refractivity contribution in [3.05, 3.63) is 65.7 Å². The second kappa shape index (κ2) is 6.95. The molecule has 0 amide bonds. The molecule has 2 nitrogen and oxygen atoms in total. The van der Waals surface area contributed by atoms with Crippen molar-refractivity contribution in [3.8, 4) is 11.8 Å². The highest BCUT2D eigenvalue weighted by atomic mass is 16.5. The standard InChI is InChI=1S/C19H21NO/c1-3-16-9-7-8-12-18(16)21-14-13-19(2,15-20)17-10-5-4-6-11-17/h4-12H,3,13-14H2,1-2H3. The molecule has 108 valence electrons. The van der Waals surface area contributed by atoms with E-state index < -0.39 is 5.41 Å². The maximum atomic E-state index is 9.53. The molecule has 0 spiro atoms. The maximum Gasteiger partial charge on any atom is 0.122 e. The number of nitrogens with zero attached hydrogens (tertiary/aromatic N) is 1. The molecule has 2 heteroatoms. The summed E-state index contributed by atoms with van der Waals surface area (Å²) >= 11 is 0. The molecule has 0 N–H and O–H groups in total. The Balaban J connectivity index is 2.03. The van der Waals surface area contributed by atoms with Gasteiger partial charge in [-0.15, -0.1) is 0 Å². The van der Waals surface area contributed by atoms with Crippen molar-refractivity contribution >= 4 is 0 Å². The molecule has 0 bridgehead atoms. The van der Waals surface area contributed by atoms with Crippen LogP contribution in [0.3, 0.4) is 0 Å². The zero-order valence-electron chi connectivity index (χ0n) is 12.7. The molecule has 1 atom stereocenters. The topological polar surface area (TPSA) is 33.0 Å². The van der Waals surface area contributed by atoms with Crippen LogP contribution in [-0.2, 0) is 11.8 Å². The maximum absolute atomic E-state index is 9.53. The Kier molecular flexibility index (Phi) is 5.00. The molecule has 21 heavy (non-hydrogen) atoms. The lowest BCUT2D eigenvalue weighted by atomic mass is 9.81. The molecule has 0 heterocycles. The van der Waals surface area contributed by atoms with Crippen molar-refractivity contribution in [2.45, 2.75) is 32.1 Å². The Morgan fingerprint density at radius 1 is 1.05 bits per heavy atom. The first-order chi connectivity index (χ1) is 10.2. The summed E-state index contributed by atoms with van der Waals surface area (Å²) in [5.41, 5.74) is 1.73. The van der Waals surface area contributed by atoms with Gasteiger partial charge in [-0.3, -0.25) is 0 Å². The van der Waals surface area contributed by atoms with Gasteiger partial charge in [-0.2, -0.15) is 5.26 Å². The van der Waals surface area contributed by atoms with Crippen LogP contribution < -0.4 is 4.74 Å². The zero-order chi connectivity index (χ0) is 15.1. The Hall–Kier alpha value is -2.27. The lowest BCUT2D eigenvalue weighted by molar-refractivity contribution is 0.283. The number of ether oxygens (including phenoxy) is 1. The van der Waals surface area contributed by atoms with Crippen LogP contribution in [0.25, 0.3) is 0 Å². The van der Waals surface area contributed by atoms with Crippen LogP contribution in [0.15, 0.2) is 54.6 Å². The van der Waals surface area contributed by atoms with E-state index in [4.69, 9.17) is 4.74 Å². The van der Waals surface area contributed by atoms with Gasteiger partial charge in [-0.05, 0) is 30.5 Å². The first kappa shape index (κ1) is 15.1. The molecule has 0 saturated carbocycles. The number of hydrogen-bond acceptors (Lipinski definition) is 2. The fourth-order valence-corrected chi connectivity index (χ4v) is 2.37. The van der Waals surface area contributed by atoms with Crippen molar-refractivity contribution in [3.63, 3.8) is 0 Å². The van der Waals surface area contributed by atoms with Crippen molar-refractivity contribution in [1.82, 2.24) is 0 Å². The molecule has 0 saturated heterocycles. The Morgan fingerprint density at radius 3 is 2.38 bits per heavy atom. The highest BCUT2D eigenvalue weighted by Crippen LogP contribution is 2.27. The molecule has 0 aliphatic rings. The smallest absolute Gasteiger partial charge is 0.122 e. The molecule has 1 unspecified atom stereocenters. The minimum absolute atomic E-state index is 0.511. The summed E-state index contributed by atoms with van der Waals surface area (Å²) in [6, 6.07) is 20.4. The van der Waals surface area contributed by atoms with Gasteiger partial charge in [-0.25, -0.2) is 0 Å². The van der Waals surface area contributed by atoms with Gasteiger partial charge in [0.2, 0.25) is 0 Å². The van der Waals surface area contributed by atoms with Gasteiger partial charge in [-0.1, -0.05) is 55.5 Å². The van der Waals surface area contributed by atoms with Gasteiger partial charge >= 0.3 is 0 Å². The number of benzene rings is 2. The molecule has 2 rings (SSSR count). The molecule has 0 aromatic heterocycles. The van der Waals surface area contributed by atoms with E-state index in [9.17, 15) is 5.26 Å². The summed E-state index contributed by atoms with van der Waals surface area (Å²) < 4.78 is 5.90. The molecule has 0 aliphatic heterocycles. The predicted molar refractivity (Wildman–Crippen MR) is 85.3 cm³/mol. The number of para-hydroxylation sites is 1. The van der Waals surface area contributed by atoms with Crippen LogP contribution in [0.2, 0.25) is 0 Å². The van der Waals surface area contributed by atoms with Crippen LogP contribution in [0, 0.1) is 11.3 Å². The minimum atomic E-state index is -0.511. The van der Waals surface area contributed by atoms with Crippen molar-refractivity contribution in [2.75, 3.05) is 6.61 Å². The lowest BCUT2D eigenvalue weighted by Gasteiger charge is -2.22. The average molecular weight is 279 g/mol. The van der Waals surface area contributed by atoms with Crippen molar-refractivity contribution < 1.29 is 4.74 Å². The van der Waals surface area contributed by atoms with E-state index in [0.29, 0.717) is 13.0 Å². The van der Waals surface area contributed by atoms with Gasteiger partial charge in [0.05, 0.1) is 18.1 Å². The zero-order valence-corrected chi connectivity index (χ0v) is 12.7. The summed E-state index contributed by atoms with van der Waals surface area (Å²) in [6.45, 7) is 4.62. The molecular formula is C19H21NO. The third-order valence-electron chi connectivity index (χ3n) is 3.87. The van der Waals surface area contributed by atoms with Gasteiger partial charge in [0.15, 0.2) is 0 Å².